The Bertz CT molecular complexity index is 389. The van der Waals surface area contributed by atoms with Crippen LogP contribution in [-0.2, 0) is 4.79 Å². The van der Waals surface area contributed by atoms with Gasteiger partial charge < -0.3 is 5.11 Å². The van der Waals surface area contributed by atoms with E-state index < -0.39 is 5.97 Å². The predicted molar refractivity (Wildman–Crippen MR) is 62.4 cm³/mol. The number of hydrogen-bond acceptors (Lipinski definition) is 2. The summed E-state index contributed by atoms with van der Waals surface area (Å²) in [5.41, 5.74) is 2.53. The Kier molecular flexibility index (Phi) is 3.25. The van der Waals surface area contributed by atoms with Crippen LogP contribution < -0.4 is 0 Å². The Morgan fingerprint density at radius 1 is 1.50 bits per heavy atom. The van der Waals surface area contributed by atoms with Crippen molar-refractivity contribution in [2.24, 2.45) is 0 Å². The summed E-state index contributed by atoms with van der Waals surface area (Å²) in [6.07, 6.45) is 2.16. The summed E-state index contributed by atoms with van der Waals surface area (Å²) in [6, 6.07) is 8.54. The predicted octanol–water partition coefficient (Wildman–Crippen LogP) is 2.22. The summed E-state index contributed by atoms with van der Waals surface area (Å²) in [5, 5.41) is 8.87. The minimum Gasteiger partial charge on any atom is -0.480 e. The van der Waals surface area contributed by atoms with Gasteiger partial charge in [0.05, 0.1) is 6.54 Å². The molecule has 1 aromatic carbocycles. The third kappa shape index (κ3) is 2.25. The van der Waals surface area contributed by atoms with Gasteiger partial charge in [-0.15, -0.1) is 0 Å². The molecule has 3 nitrogen and oxygen atoms in total. The molecule has 1 heterocycles. The Labute approximate surface area is 95.7 Å². The van der Waals surface area contributed by atoms with Crippen LogP contribution in [0.1, 0.15) is 30.0 Å². The van der Waals surface area contributed by atoms with Crippen LogP contribution >= 0.6 is 0 Å². The molecule has 3 heteroatoms. The zero-order valence-corrected chi connectivity index (χ0v) is 9.52. The number of benzene rings is 1. The first kappa shape index (κ1) is 11.1. The molecule has 1 aromatic rings. The van der Waals surface area contributed by atoms with E-state index in [0.717, 1.165) is 19.4 Å². The lowest BCUT2D eigenvalue weighted by atomic mass is 9.99. The van der Waals surface area contributed by atoms with Gasteiger partial charge in [0.15, 0.2) is 0 Å². The second-order valence-corrected chi connectivity index (χ2v) is 4.38. The van der Waals surface area contributed by atoms with Gasteiger partial charge in [0.2, 0.25) is 0 Å². The number of nitrogens with zero attached hydrogens (tertiary/aromatic N) is 1. The zero-order valence-electron chi connectivity index (χ0n) is 9.52. The topological polar surface area (TPSA) is 40.5 Å². The van der Waals surface area contributed by atoms with Crippen LogP contribution in [0.3, 0.4) is 0 Å². The van der Waals surface area contributed by atoms with Crippen molar-refractivity contribution in [3.05, 3.63) is 35.4 Å². The third-order valence-electron chi connectivity index (χ3n) is 3.25. The minimum atomic E-state index is -0.736. The van der Waals surface area contributed by atoms with Gasteiger partial charge >= 0.3 is 5.97 Å². The molecule has 1 aliphatic rings. The summed E-state index contributed by atoms with van der Waals surface area (Å²) in [4.78, 5) is 12.8. The Morgan fingerprint density at radius 3 is 2.94 bits per heavy atom. The maximum absolute atomic E-state index is 10.8. The zero-order chi connectivity index (χ0) is 11.5. The van der Waals surface area contributed by atoms with Crippen molar-refractivity contribution in [1.29, 1.82) is 0 Å². The van der Waals surface area contributed by atoms with Crippen molar-refractivity contribution in [3.8, 4) is 0 Å². The van der Waals surface area contributed by atoms with E-state index in [-0.39, 0.29) is 12.6 Å². The Morgan fingerprint density at radius 2 is 2.25 bits per heavy atom. The highest BCUT2D eigenvalue weighted by Gasteiger charge is 2.27. The summed E-state index contributed by atoms with van der Waals surface area (Å²) in [5.74, 6) is -0.736. The number of hydrogen-bond donors (Lipinski definition) is 1. The van der Waals surface area contributed by atoms with Crippen molar-refractivity contribution in [3.63, 3.8) is 0 Å². The van der Waals surface area contributed by atoms with Crippen molar-refractivity contribution in [1.82, 2.24) is 4.90 Å². The maximum atomic E-state index is 10.8. The molecule has 0 aliphatic carbocycles. The first-order chi connectivity index (χ1) is 7.68. The minimum absolute atomic E-state index is 0.152. The molecule has 1 unspecified atom stereocenters. The Balaban J connectivity index is 2.20. The number of likely N-dealkylation sites (tertiary alicyclic amines) is 1. The Hall–Kier alpha value is -1.35. The summed E-state index contributed by atoms with van der Waals surface area (Å²) in [6.45, 7) is 3.14. The van der Waals surface area contributed by atoms with Gasteiger partial charge in [-0.3, -0.25) is 9.69 Å². The molecule has 0 aromatic heterocycles. The molecule has 2 rings (SSSR count). The number of carboxylic acid groups (broad SMARTS) is 1. The van der Waals surface area contributed by atoms with Crippen molar-refractivity contribution >= 4 is 5.97 Å². The van der Waals surface area contributed by atoms with E-state index >= 15 is 0 Å². The number of aliphatic carboxylic acids is 1. The fraction of sp³-hybridized carbons (Fsp3) is 0.462. The average molecular weight is 219 g/mol. The molecule has 1 atom stereocenters. The van der Waals surface area contributed by atoms with E-state index in [4.69, 9.17) is 5.11 Å². The van der Waals surface area contributed by atoms with Gasteiger partial charge in [0, 0.05) is 6.04 Å². The lowest BCUT2D eigenvalue weighted by Gasteiger charge is -2.24. The fourth-order valence-electron chi connectivity index (χ4n) is 2.50. The van der Waals surface area contributed by atoms with E-state index in [1.165, 1.54) is 11.1 Å². The normalized spacial score (nSPS) is 21.2. The smallest absolute Gasteiger partial charge is 0.317 e. The van der Waals surface area contributed by atoms with Crippen LogP contribution in [0.2, 0.25) is 0 Å². The molecular weight excluding hydrogens is 202 g/mol. The lowest BCUT2D eigenvalue weighted by molar-refractivity contribution is -0.138. The molecular formula is C13H17NO2. The highest BCUT2D eigenvalue weighted by Crippen LogP contribution is 2.33. The largest absolute Gasteiger partial charge is 0.480 e. The van der Waals surface area contributed by atoms with Gasteiger partial charge in [0.25, 0.3) is 0 Å². The molecule has 86 valence electrons. The van der Waals surface area contributed by atoms with Crippen molar-refractivity contribution in [2.45, 2.75) is 25.8 Å². The SMILES string of the molecule is Cc1ccccc1C1CCCN1CC(=O)O. The highest BCUT2D eigenvalue weighted by molar-refractivity contribution is 5.69. The van der Waals surface area contributed by atoms with Crippen LogP contribution in [0, 0.1) is 6.92 Å². The van der Waals surface area contributed by atoms with E-state index in [2.05, 4.69) is 24.0 Å². The lowest BCUT2D eigenvalue weighted by Crippen LogP contribution is -2.29. The molecule has 16 heavy (non-hydrogen) atoms. The molecule has 1 saturated heterocycles. The van der Waals surface area contributed by atoms with Crippen molar-refractivity contribution < 1.29 is 9.90 Å². The standard InChI is InChI=1S/C13H17NO2/c1-10-5-2-3-6-11(10)12-7-4-8-14(12)9-13(15)16/h2-3,5-6,12H,4,7-9H2,1H3,(H,15,16). The molecule has 0 saturated carbocycles. The van der Waals surface area contributed by atoms with Gasteiger partial charge in [-0.2, -0.15) is 0 Å². The first-order valence-corrected chi connectivity index (χ1v) is 5.70. The second kappa shape index (κ2) is 4.66. The second-order valence-electron chi connectivity index (χ2n) is 4.38. The number of rotatable bonds is 3. The monoisotopic (exact) mass is 219 g/mol. The molecule has 1 N–H and O–H groups in total. The third-order valence-corrected chi connectivity index (χ3v) is 3.25. The number of carboxylic acids is 1. The van der Waals surface area contributed by atoms with Crippen LogP contribution in [0.4, 0.5) is 0 Å². The first-order valence-electron chi connectivity index (χ1n) is 5.70. The summed E-state index contributed by atoms with van der Waals surface area (Å²) < 4.78 is 0. The maximum Gasteiger partial charge on any atom is 0.317 e. The molecule has 0 radical (unpaired) electrons. The fourth-order valence-corrected chi connectivity index (χ4v) is 2.50. The van der Waals surface area contributed by atoms with E-state index in [1.54, 1.807) is 0 Å². The van der Waals surface area contributed by atoms with Gasteiger partial charge in [-0.05, 0) is 37.4 Å². The van der Waals surface area contributed by atoms with Crippen molar-refractivity contribution in [2.75, 3.05) is 13.1 Å². The number of carbonyl (C=O) groups is 1. The average Bonchev–Trinajstić information content (AvgIpc) is 2.66. The quantitative estimate of drug-likeness (QED) is 0.847. The molecule has 0 bridgehead atoms. The van der Waals surface area contributed by atoms with E-state index in [1.807, 2.05) is 12.1 Å². The van der Waals surface area contributed by atoms with Gasteiger partial charge in [-0.1, -0.05) is 24.3 Å². The van der Waals surface area contributed by atoms with E-state index in [0.29, 0.717) is 0 Å². The van der Waals surface area contributed by atoms with Crippen LogP contribution in [0.25, 0.3) is 0 Å². The van der Waals surface area contributed by atoms with Gasteiger partial charge in [-0.25, -0.2) is 0 Å². The molecule has 0 spiro atoms. The number of aryl methyl sites for hydroxylation is 1. The molecule has 0 amide bonds. The molecule has 1 fully saturated rings. The summed E-state index contributed by atoms with van der Waals surface area (Å²) in [7, 11) is 0. The summed E-state index contributed by atoms with van der Waals surface area (Å²) >= 11 is 0. The van der Waals surface area contributed by atoms with Gasteiger partial charge in [0.1, 0.15) is 0 Å². The van der Waals surface area contributed by atoms with E-state index in [9.17, 15) is 4.79 Å². The highest BCUT2D eigenvalue weighted by atomic mass is 16.4. The van der Waals surface area contributed by atoms with Crippen LogP contribution in [-0.4, -0.2) is 29.1 Å². The van der Waals surface area contributed by atoms with Crippen LogP contribution in [0.5, 0.6) is 0 Å². The van der Waals surface area contributed by atoms with Crippen LogP contribution in [0.15, 0.2) is 24.3 Å². The molecule has 1 aliphatic heterocycles.